The van der Waals surface area contributed by atoms with Crippen LogP contribution in [0.5, 0.6) is 0 Å². The fourth-order valence-corrected chi connectivity index (χ4v) is 1.96. The number of nitrogens with zero attached hydrogens (tertiary/aromatic N) is 2. The highest BCUT2D eigenvalue weighted by molar-refractivity contribution is 7.19. The van der Waals surface area contributed by atoms with Crippen LogP contribution in [0.2, 0.25) is 0 Å². The lowest BCUT2D eigenvalue weighted by atomic mass is 10.2. The van der Waals surface area contributed by atoms with Crippen molar-refractivity contribution in [3.05, 3.63) is 28.8 Å². The molecule has 0 unspecified atom stereocenters. The highest BCUT2D eigenvalue weighted by atomic mass is 32.1. The van der Waals surface area contributed by atoms with Crippen molar-refractivity contribution in [1.82, 2.24) is 4.98 Å². The summed E-state index contributed by atoms with van der Waals surface area (Å²) in [6.45, 7) is 0. The molecule has 15 heavy (non-hydrogen) atoms. The Morgan fingerprint density at radius 3 is 3.07 bits per heavy atom. The first kappa shape index (κ1) is 9.62. The first-order chi connectivity index (χ1) is 7.24. The maximum Gasteiger partial charge on any atom is 0.337 e. The smallest absolute Gasteiger partial charge is 0.337 e. The lowest BCUT2D eigenvalue weighted by molar-refractivity contribution is 0.0601. The van der Waals surface area contributed by atoms with Gasteiger partial charge >= 0.3 is 5.97 Å². The molecule has 74 valence electrons. The van der Waals surface area contributed by atoms with E-state index in [0.29, 0.717) is 16.1 Å². The summed E-state index contributed by atoms with van der Waals surface area (Å²) < 4.78 is 5.48. The Bertz CT molecular complexity index is 568. The van der Waals surface area contributed by atoms with Crippen LogP contribution in [0.4, 0.5) is 0 Å². The third kappa shape index (κ3) is 1.67. The predicted molar refractivity (Wildman–Crippen MR) is 55.7 cm³/mol. The second-order valence-electron chi connectivity index (χ2n) is 2.80. The molecule has 1 heterocycles. The van der Waals surface area contributed by atoms with Gasteiger partial charge in [-0.25, -0.2) is 9.78 Å². The molecule has 1 aromatic carbocycles. The Hall–Kier alpha value is -1.93. The SMILES string of the molecule is COC(=O)c1ccc2sc(C#N)nc2c1. The first-order valence-corrected chi connectivity index (χ1v) is 4.95. The van der Waals surface area contributed by atoms with Gasteiger partial charge in [0.25, 0.3) is 0 Å². The molecule has 2 rings (SSSR count). The van der Waals surface area contributed by atoms with Gasteiger partial charge in [0, 0.05) is 0 Å². The predicted octanol–water partition coefficient (Wildman–Crippen LogP) is 1.95. The second-order valence-corrected chi connectivity index (χ2v) is 3.84. The lowest BCUT2D eigenvalue weighted by Gasteiger charge is -1.97. The van der Waals surface area contributed by atoms with Gasteiger partial charge in [0.05, 0.1) is 22.9 Å². The van der Waals surface area contributed by atoms with Crippen molar-refractivity contribution < 1.29 is 9.53 Å². The number of ether oxygens (including phenoxy) is 1. The molecule has 0 aliphatic heterocycles. The van der Waals surface area contributed by atoms with Crippen molar-refractivity contribution >= 4 is 27.5 Å². The molecule has 4 nitrogen and oxygen atoms in total. The second kappa shape index (κ2) is 3.67. The van der Waals surface area contributed by atoms with Gasteiger partial charge in [0.2, 0.25) is 0 Å². The van der Waals surface area contributed by atoms with Gasteiger partial charge in [-0.2, -0.15) is 5.26 Å². The summed E-state index contributed by atoms with van der Waals surface area (Å²) in [5.74, 6) is -0.400. The molecule has 0 aliphatic carbocycles. The van der Waals surface area contributed by atoms with E-state index in [1.54, 1.807) is 18.2 Å². The lowest BCUT2D eigenvalue weighted by Crippen LogP contribution is -2.00. The largest absolute Gasteiger partial charge is 0.465 e. The van der Waals surface area contributed by atoms with Crippen LogP contribution in [-0.2, 0) is 4.74 Å². The van der Waals surface area contributed by atoms with E-state index in [-0.39, 0.29) is 0 Å². The quantitative estimate of drug-likeness (QED) is 0.686. The van der Waals surface area contributed by atoms with Crippen LogP contribution in [0.3, 0.4) is 0 Å². The number of methoxy groups -OCH3 is 1. The topological polar surface area (TPSA) is 63.0 Å². The minimum absolute atomic E-state index is 0.395. The number of rotatable bonds is 1. The molecule has 1 aromatic heterocycles. The number of fused-ring (bicyclic) bond motifs is 1. The van der Waals surface area contributed by atoms with Crippen LogP contribution in [0.25, 0.3) is 10.2 Å². The van der Waals surface area contributed by atoms with Gasteiger partial charge < -0.3 is 4.74 Å². The molecule has 0 saturated carbocycles. The number of benzene rings is 1. The van der Waals surface area contributed by atoms with Crippen LogP contribution >= 0.6 is 11.3 Å². The monoisotopic (exact) mass is 218 g/mol. The third-order valence-corrected chi connectivity index (χ3v) is 2.85. The van der Waals surface area contributed by atoms with E-state index in [1.165, 1.54) is 18.4 Å². The molecule has 0 fully saturated rings. The zero-order valence-electron chi connectivity index (χ0n) is 7.85. The number of nitriles is 1. The molecule has 2 aromatic rings. The molecule has 0 aliphatic rings. The third-order valence-electron chi connectivity index (χ3n) is 1.90. The maximum absolute atomic E-state index is 11.2. The van der Waals surface area contributed by atoms with Crippen LogP contribution in [0.15, 0.2) is 18.2 Å². The number of hydrogen-bond donors (Lipinski definition) is 0. The van der Waals surface area contributed by atoms with Crippen LogP contribution in [-0.4, -0.2) is 18.1 Å². The van der Waals surface area contributed by atoms with Crippen LogP contribution in [0.1, 0.15) is 15.4 Å². The fourth-order valence-electron chi connectivity index (χ4n) is 1.22. The van der Waals surface area contributed by atoms with Gasteiger partial charge in [0.1, 0.15) is 6.07 Å². The van der Waals surface area contributed by atoms with Gasteiger partial charge in [-0.15, -0.1) is 11.3 Å². The molecule has 0 bridgehead atoms. The Morgan fingerprint density at radius 1 is 1.60 bits per heavy atom. The van der Waals surface area contributed by atoms with Gasteiger partial charge in [-0.05, 0) is 18.2 Å². The highest BCUT2D eigenvalue weighted by Crippen LogP contribution is 2.22. The highest BCUT2D eigenvalue weighted by Gasteiger charge is 2.08. The molecule has 0 saturated heterocycles. The molecular weight excluding hydrogens is 212 g/mol. The maximum atomic E-state index is 11.2. The normalized spacial score (nSPS) is 9.87. The number of esters is 1. The Morgan fingerprint density at radius 2 is 2.40 bits per heavy atom. The summed E-state index contributed by atoms with van der Waals surface area (Å²) in [6.07, 6.45) is 0. The van der Waals surface area contributed by atoms with E-state index in [1.807, 2.05) is 6.07 Å². The summed E-state index contributed by atoms with van der Waals surface area (Å²) in [4.78, 5) is 15.3. The van der Waals surface area contributed by atoms with Gasteiger partial charge in [-0.1, -0.05) is 0 Å². The molecule has 0 radical (unpaired) electrons. The summed E-state index contributed by atoms with van der Waals surface area (Å²) in [6, 6.07) is 7.02. The average molecular weight is 218 g/mol. The summed E-state index contributed by atoms with van der Waals surface area (Å²) in [5.41, 5.74) is 1.10. The molecular formula is C10H6N2O2S. The molecule has 0 N–H and O–H groups in total. The molecule has 0 amide bonds. The summed E-state index contributed by atoms with van der Waals surface area (Å²) >= 11 is 1.30. The standard InChI is InChI=1S/C10H6N2O2S/c1-14-10(13)6-2-3-8-7(4-6)12-9(5-11)15-8/h2-4H,1H3. The van der Waals surface area contributed by atoms with Crippen LogP contribution in [0, 0.1) is 11.3 Å². The van der Waals surface area contributed by atoms with E-state index >= 15 is 0 Å². The number of carbonyl (C=O) groups is 1. The van der Waals surface area contributed by atoms with Crippen molar-refractivity contribution in [2.24, 2.45) is 0 Å². The fraction of sp³-hybridized carbons (Fsp3) is 0.100. The van der Waals surface area contributed by atoms with Gasteiger partial charge in [0.15, 0.2) is 5.01 Å². The van der Waals surface area contributed by atoms with E-state index in [0.717, 1.165) is 4.70 Å². The summed E-state index contributed by atoms with van der Waals surface area (Å²) in [7, 11) is 1.33. The zero-order chi connectivity index (χ0) is 10.8. The Kier molecular flexibility index (Phi) is 2.35. The van der Waals surface area contributed by atoms with Crippen molar-refractivity contribution in [2.45, 2.75) is 0 Å². The number of thiazole rings is 1. The van der Waals surface area contributed by atoms with Crippen molar-refractivity contribution in [3.8, 4) is 6.07 Å². The van der Waals surface area contributed by atoms with E-state index in [9.17, 15) is 4.79 Å². The number of aromatic nitrogens is 1. The first-order valence-electron chi connectivity index (χ1n) is 4.13. The summed E-state index contributed by atoms with van der Waals surface area (Å²) in [5, 5.41) is 9.06. The zero-order valence-corrected chi connectivity index (χ0v) is 8.67. The van der Waals surface area contributed by atoms with E-state index in [2.05, 4.69) is 9.72 Å². The van der Waals surface area contributed by atoms with Crippen molar-refractivity contribution in [1.29, 1.82) is 5.26 Å². The number of carbonyl (C=O) groups excluding carboxylic acids is 1. The van der Waals surface area contributed by atoms with Crippen molar-refractivity contribution in [2.75, 3.05) is 7.11 Å². The Labute approximate surface area is 89.7 Å². The van der Waals surface area contributed by atoms with E-state index < -0.39 is 5.97 Å². The van der Waals surface area contributed by atoms with Gasteiger partial charge in [-0.3, -0.25) is 0 Å². The molecule has 0 spiro atoms. The minimum atomic E-state index is -0.400. The van der Waals surface area contributed by atoms with Crippen LogP contribution < -0.4 is 0 Å². The molecule has 0 atom stereocenters. The minimum Gasteiger partial charge on any atom is -0.465 e. The van der Waals surface area contributed by atoms with E-state index in [4.69, 9.17) is 5.26 Å². The average Bonchev–Trinajstić information content (AvgIpc) is 2.69. The van der Waals surface area contributed by atoms with Crippen molar-refractivity contribution in [3.63, 3.8) is 0 Å². The number of hydrogen-bond acceptors (Lipinski definition) is 5. The molecule has 5 heteroatoms. The Balaban J connectivity index is 2.56.